The zero-order valence-electron chi connectivity index (χ0n) is 11.9. The average molecular weight is 289 g/mol. The standard InChI is InChI=1S/C15H19N3O3/c19-14-15(5-8-16-9-6-15)7-10-17(14)11-12-3-1-2-4-13(12)18(20)21/h1-4,16H,5-11H2. The second kappa shape index (κ2) is 5.44. The molecule has 1 spiro atoms. The Labute approximate surface area is 123 Å². The van der Waals surface area contributed by atoms with Crippen LogP contribution in [-0.2, 0) is 11.3 Å². The van der Waals surface area contributed by atoms with Crippen LogP contribution in [0.1, 0.15) is 24.8 Å². The molecule has 2 saturated heterocycles. The Bertz CT molecular complexity index is 567. The van der Waals surface area contributed by atoms with Crippen LogP contribution in [0.2, 0.25) is 0 Å². The molecule has 112 valence electrons. The molecular weight excluding hydrogens is 270 g/mol. The second-order valence-electron chi connectivity index (χ2n) is 5.89. The fraction of sp³-hybridized carbons (Fsp3) is 0.533. The molecule has 1 aromatic rings. The molecule has 2 heterocycles. The molecule has 0 aromatic heterocycles. The van der Waals surface area contributed by atoms with Gasteiger partial charge in [0.25, 0.3) is 5.69 Å². The van der Waals surface area contributed by atoms with E-state index in [1.165, 1.54) is 6.07 Å². The van der Waals surface area contributed by atoms with Crippen LogP contribution in [0.25, 0.3) is 0 Å². The van der Waals surface area contributed by atoms with Gasteiger partial charge in [0, 0.05) is 18.2 Å². The molecule has 6 nitrogen and oxygen atoms in total. The molecule has 0 unspecified atom stereocenters. The maximum absolute atomic E-state index is 12.7. The number of nitro benzene ring substituents is 1. The van der Waals surface area contributed by atoms with Gasteiger partial charge >= 0.3 is 0 Å². The first kappa shape index (κ1) is 14.0. The van der Waals surface area contributed by atoms with Crippen molar-refractivity contribution >= 4 is 11.6 Å². The summed E-state index contributed by atoms with van der Waals surface area (Å²) in [5.41, 5.74) is 0.479. The van der Waals surface area contributed by atoms with E-state index in [2.05, 4.69) is 5.32 Å². The number of rotatable bonds is 3. The minimum absolute atomic E-state index is 0.0940. The van der Waals surface area contributed by atoms with Gasteiger partial charge in [-0.25, -0.2) is 0 Å². The van der Waals surface area contributed by atoms with Crippen molar-refractivity contribution in [1.82, 2.24) is 10.2 Å². The highest BCUT2D eigenvalue weighted by Crippen LogP contribution is 2.40. The van der Waals surface area contributed by atoms with E-state index in [0.717, 1.165) is 32.4 Å². The van der Waals surface area contributed by atoms with E-state index in [1.54, 1.807) is 23.1 Å². The zero-order valence-corrected chi connectivity index (χ0v) is 11.9. The lowest BCUT2D eigenvalue weighted by molar-refractivity contribution is -0.385. The van der Waals surface area contributed by atoms with Gasteiger partial charge in [0.15, 0.2) is 0 Å². The van der Waals surface area contributed by atoms with E-state index in [9.17, 15) is 14.9 Å². The number of carbonyl (C=O) groups is 1. The predicted molar refractivity (Wildman–Crippen MR) is 77.7 cm³/mol. The van der Waals surface area contributed by atoms with Crippen molar-refractivity contribution in [3.63, 3.8) is 0 Å². The van der Waals surface area contributed by atoms with Crippen LogP contribution in [-0.4, -0.2) is 35.4 Å². The zero-order chi connectivity index (χ0) is 14.9. The fourth-order valence-corrected chi connectivity index (χ4v) is 3.44. The summed E-state index contributed by atoms with van der Waals surface area (Å²) in [4.78, 5) is 25.2. The maximum Gasteiger partial charge on any atom is 0.274 e. The number of piperidine rings is 1. The molecule has 1 amide bonds. The normalized spacial score (nSPS) is 21.0. The summed E-state index contributed by atoms with van der Waals surface area (Å²) in [6.45, 7) is 2.80. The van der Waals surface area contributed by atoms with E-state index in [-0.39, 0.29) is 21.9 Å². The van der Waals surface area contributed by atoms with Crippen LogP contribution in [0, 0.1) is 15.5 Å². The number of para-hydroxylation sites is 1. The first-order valence-corrected chi connectivity index (χ1v) is 7.35. The first-order chi connectivity index (χ1) is 10.1. The number of carbonyl (C=O) groups excluding carboxylic acids is 1. The molecule has 0 atom stereocenters. The highest BCUT2D eigenvalue weighted by molar-refractivity contribution is 5.85. The minimum Gasteiger partial charge on any atom is -0.338 e. The Balaban J connectivity index is 1.78. The van der Waals surface area contributed by atoms with Crippen LogP contribution in [0.3, 0.4) is 0 Å². The van der Waals surface area contributed by atoms with Gasteiger partial charge in [0.2, 0.25) is 5.91 Å². The molecular formula is C15H19N3O3. The number of benzene rings is 1. The molecule has 0 radical (unpaired) electrons. The van der Waals surface area contributed by atoms with Crippen LogP contribution in [0.5, 0.6) is 0 Å². The highest BCUT2D eigenvalue weighted by Gasteiger charge is 2.46. The van der Waals surface area contributed by atoms with Gasteiger partial charge in [-0.1, -0.05) is 18.2 Å². The van der Waals surface area contributed by atoms with Crippen molar-refractivity contribution in [2.75, 3.05) is 19.6 Å². The summed E-state index contributed by atoms with van der Waals surface area (Å²) in [5, 5.41) is 14.4. The molecule has 6 heteroatoms. The topological polar surface area (TPSA) is 75.5 Å². The van der Waals surface area contributed by atoms with Crippen molar-refractivity contribution in [1.29, 1.82) is 0 Å². The van der Waals surface area contributed by atoms with Crippen molar-refractivity contribution < 1.29 is 9.72 Å². The van der Waals surface area contributed by atoms with Crippen molar-refractivity contribution in [3.05, 3.63) is 39.9 Å². The maximum atomic E-state index is 12.7. The Morgan fingerprint density at radius 1 is 1.24 bits per heavy atom. The number of nitrogens with one attached hydrogen (secondary N) is 1. The quantitative estimate of drug-likeness (QED) is 0.679. The van der Waals surface area contributed by atoms with Gasteiger partial charge in [-0.2, -0.15) is 0 Å². The van der Waals surface area contributed by atoms with Gasteiger partial charge in [0.05, 0.1) is 16.9 Å². The number of hydrogen-bond acceptors (Lipinski definition) is 4. The van der Waals surface area contributed by atoms with E-state index >= 15 is 0 Å². The minimum atomic E-state index is -0.379. The summed E-state index contributed by atoms with van der Waals surface area (Å²) in [7, 11) is 0. The summed E-state index contributed by atoms with van der Waals surface area (Å²) in [6, 6.07) is 6.67. The van der Waals surface area contributed by atoms with Crippen LogP contribution in [0.15, 0.2) is 24.3 Å². The van der Waals surface area contributed by atoms with E-state index in [1.807, 2.05) is 0 Å². The third-order valence-corrected chi connectivity index (χ3v) is 4.71. The number of likely N-dealkylation sites (tertiary alicyclic amines) is 1. The third kappa shape index (κ3) is 2.51. The first-order valence-electron chi connectivity index (χ1n) is 7.35. The lowest BCUT2D eigenvalue weighted by Gasteiger charge is -2.32. The third-order valence-electron chi connectivity index (χ3n) is 4.71. The Hall–Kier alpha value is -1.95. The lowest BCUT2D eigenvalue weighted by Crippen LogP contribution is -2.42. The molecule has 2 aliphatic rings. The van der Waals surface area contributed by atoms with Crippen LogP contribution in [0.4, 0.5) is 5.69 Å². The molecule has 0 saturated carbocycles. The monoisotopic (exact) mass is 289 g/mol. The molecule has 3 rings (SSSR count). The van der Waals surface area contributed by atoms with Gasteiger partial charge in [-0.05, 0) is 32.4 Å². The summed E-state index contributed by atoms with van der Waals surface area (Å²) in [6.07, 6.45) is 2.62. The van der Waals surface area contributed by atoms with Crippen molar-refractivity contribution in [3.8, 4) is 0 Å². The number of nitrogens with zero attached hydrogens (tertiary/aromatic N) is 2. The summed E-state index contributed by atoms with van der Waals surface area (Å²) in [5.74, 6) is 0.169. The smallest absolute Gasteiger partial charge is 0.274 e. The molecule has 1 N–H and O–H groups in total. The number of amides is 1. The van der Waals surface area contributed by atoms with Crippen molar-refractivity contribution in [2.24, 2.45) is 5.41 Å². The van der Waals surface area contributed by atoms with Gasteiger partial charge in [0.1, 0.15) is 0 Å². The SMILES string of the molecule is O=C1N(Cc2ccccc2[N+](=O)[O-])CCC12CCNCC2. The molecule has 2 aliphatic heterocycles. The fourth-order valence-electron chi connectivity index (χ4n) is 3.44. The molecule has 2 fully saturated rings. The Kier molecular flexibility index (Phi) is 3.63. The van der Waals surface area contributed by atoms with Gasteiger partial charge in [-0.15, -0.1) is 0 Å². The van der Waals surface area contributed by atoms with Crippen LogP contribution >= 0.6 is 0 Å². The predicted octanol–water partition coefficient (Wildman–Crippen LogP) is 1.70. The van der Waals surface area contributed by atoms with E-state index in [4.69, 9.17) is 0 Å². The Morgan fingerprint density at radius 2 is 1.95 bits per heavy atom. The number of hydrogen-bond donors (Lipinski definition) is 1. The van der Waals surface area contributed by atoms with Gasteiger partial charge < -0.3 is 10.2 Å². The molecule has 1 aromatic carbocycles. The summed E-state index contributed by atoms with van der Waals surface area (Å²) >= 11 is 0. The molecule has 0 bridgehead atoms. The average Bonchev–Trinajstić information content (AvgIpc) is 2.78. The second-order valence-corrected chi connectivity index (χ2v) is 5.89. The lowest BCUT2D eigenvalue weighted by atomic mass is 9.78. The molecule has 21 heavy (non-hydrogen) atoms. The molecule has 0 aliphatic carbocycles. The van der Waals surface area contributed by atoms with Crippen molar-refractivity contribution in [2.45, 2.75) is 25.8 Å². The summed E-state index contributed by atoms with van der Waals surface area (Å²) < 4.78 is 0. The van der Waals surface area contributed by atoms with E-state index < -0.39 is 0 Å². The number of nitro groups is 1. The largest absolute Gasteiger partial charge is 0.338 e. The Morgan fingerprint density at radius 3 is 2.67 bits per heavy atom. The van der Waals surface area contributed by atoms with Crippen LogP contribution < -0.4 is 5.32 Å². The van der Waals surface area contributed by atoms with Gasteiger partial charge in [-0.3, -0.25) is 14.9 Å². The van der Waals surface area contributed by atoms with E-state index in [0.29, 0.717) is 18.7 Å². The highest BCUT2D eigenvalue weighted by atomic mass is 16.6.